The smallest absolute Gasteiger partial charge is 0.466 e. The number of quaternary nitrogens is 1. The fraction of sp³-hybridized carbons (Fsp3) is 0.842. The fourth-order valence-corrected chi connectivity index (χ4v) is 3.88. The number of carbonyl (C=O) groups is 1. The Balaban J connectivity index is 0. The molecule has 0 aliphatic carbocycles. The molecule has 0 fully saturated rings. The minimum Gasteiger partial charge on any atom is -0.756 e. The van der Waals surface area contributed by atoms with Crippen LogP contribution in [-0.4, -0.2) is 71.1 Å². The van der Waals surface area contributed by atoms with E-state index in [0.717, 1.165) is 43.4 Å². The summed E-state index contributed by atoms with van der Waals surface area (Å²) in [4.78, 5) is 44.7. The molecular weight excluding hydrogens is 464 g/mol. The highest BCUT2D eigenvalue weighted by atomic mass is 31.2. The molecule has 0 spiro atoms. The van der Waals surface area contributed by atoms with Gasteiger partial charge in [-0.15, -0.1) is 0 Å². The van der Waals surface area contributed by atoms with Crippen LogP contribution in [0.1, 0.15) is 59.8 Å². The second-order valence-electron chi connectivity index (χ2n) is 7.49. The Kier molecular flexibility index (Phi) is 18.7. The SMILES string of the molecule is C=C(C)C(=O)OCCCCOP(=O)([O-])OCC[N+](CCC)(CCC)CCC.O=P(O)(O)O. The number of phosphoric acid groups is 2. The summed E-state index contributed by atoms with van der Waals surface area (Å²) in [5.74, 6) is -0.443. The number of phosphoric ester groups is 1. The molecule has 13 heteroatoms. The van der Waals surface area contributed by atoms with Crippen LogP contribution < -0.4 is 4.89 Å². The molecule has 0 heterocycles. The molecule has 0 aromatic heterocycles. The van der Waals surface area contributed by atoms with Crippen molar-refractivity contribution in [3.8, 4) is 0 Å². The van der Waals surface area contributed by atoms with E-state index in [1.54, 1.807) is 6.92 Å². The third kappa shape index (κ3) is 21.2. The minimum atomic E-state index is -4.64. The Hall–Kier alpha value is -0.610. The lowest BCUT2D eigenvalue weighted by atomic mass is 10.2. The predicted molar refractivity (Wildman–Crippen MR) is 119 cm³/mol. The number of hydrogen-bond donors (Lipinski definition) is 3. The fourth-order valence-electron chi connectivity index (χ4n) is 3.15. The zero-order valence-electron chi connectivity index (χ0n) is 19.7. The molecule has 1 unspecified atom stereocenters. The third-order valence-corrected chi connectivity index (χ3v) is 5.28. The van der Waals surface area contributed by atoms with Gasteiger partial charge in [-0.05, 0) is 39.0 Å². The topological polar surface area (TPSA) is 163 Å². The first-order chi connectivity index (χ1) is 14.7. The van der Waals surface area contributed by atoms with E-state index in [9.17, 15) is 14.3 Å². The van der Waals surface area contributed by atoms with Gasteiger partial charge in [-0.25, -0.2) is 9.36 Å². The van der Waals surface area contributed by atoms with Crippen molar-refractivity contribution in [3.05, 3.63) is 12.2 Å². The number of hydrogen-bond acceptors (Lipinski definition) is 7. The number of carbonyl (C=O) groups excluding carboxylic acids is 1. The molecule has 32 heavy (non-hydrogen) atoms. The van der Waals surface area contributed by atoms with Crippen LogP contribution in [-0.2, 0) is 27.7 Å². The average molecular weight is 505 g/mol. The van der Waals surface area contributed by atoms with Gasteiger partial charge in [-0.1, -0.05) is 27.4 Å². The molecule has 192 valence electrons. The molecule has 0 saturated heterocycles. The van der Waals surface area contributed by atoms with Gasteiger partial charge < -0.3 is 37.8 Å². The Bertz CT molecular complexity index is 598. The zero-order chi connectivity index (χ0) is 25.3. The molecule has 0 rings (SSSR count). The highest BCUT2D eigenvalue weighted by molar-refractivity contribution is 7.45. The van der Waals surface area contributed by atoms with Gasteiger partial charge in [-0.2, -0.15) is 0 Å². The van der Waals surface area contributed by atoms with Gasteiger partial charge in [0.15, 0.2) is 0 Å². The monoisotopic (exact) mass is 505 g/mol. The van der Waals surface area contributed by atoms with Crippen LogP contribution in [0.2, 0.25) is 0 Å². The molecular formula is C19H41NO10P2. The molecule has 0 radical (unpaired) electrons. The van der Waals surface area contributed by atoms with E-state index >= 15 is 0 Å². The molecule has 0 aliphatic rings. The lowest BCUT2D eigenvalue weighted by molar-refractivity contribution is -0.928. The van der Waals surface area contributed by atoms with E-state index in [2.05, 4.69) is 27.4 Å². The molecule has 0 aromatic carbocycles. The largest absolute Gasteiger partial charge is 0.756 e. The van der Waals surface area contributed by atoms with Crippen LogP contribution in [0.25, 0.3) is 0 Å². The first kappa shape index (κ1) is 33.6. The summed E-state index contributed by atoms with van der Waals surface area (Å²) in [5, 5.41) is 0. The predicted octanol–water partition coefficient (Wildman–Crippen LogP) is 2.51. The van der Waals surface area contributed by atoms with Crippen LogP contribution in [0, 0.1) is 0 Å². The molecule has 3 N–H and O–H groups in total. The first-order valence-electron chi connectivity index (χ1n) is 10.8. The van der Waals surface area contributed by atoms with Crippen LogP contribution >= 0.6 is 15.6 Å². The maximum atomic E-state index is 11.9. The number of esters is 1. The summed E-state index contributed by atoms with van der Waals surface area (Å²) in [6.07, 6.45) is 4.15. The summed E-state index contributed by atoms with van der Waals surface area (Å²) in [6.45, 7) is 15.6. The van der Waals surface area contributed by atoms with E-state index in [-0.39, 0.29) is 19.8 Å². The molecule has 0 bridgehead atoms. The molecule has 0 amide bonds. The van der Waals surface area contributed by atoms with Gasteiger partial charge in [0.1, 0.15) is 13.2 Å². The minimum absolute atomic E-state index is 0.0181. The van der Waals surface area contributed by atoms with Crippen LogP contribution in [0.3, 0.4) is 0 Å². The van der Waals surface area contributed by atoms with Crippen LogP contribution in [0.15, 0.2) is 12.2 Å². The number of nitrogens with zero attached hydrogens (tertiary/aromatic N) is 1. The molecule has 0 aromatic rings. The van der Waals surface area contributed by atoms with Crippen molar-refractivity contribution in [2.75, 3.05) is 46.0 Å². The summed E-state index contributed by atoms with van der Waals surface area (Å²) >= 11 is 0. The van der Waals surface area contributed by atoms with E-state index < -0.39 is 21.6 Å². The number of rotatable bonds is 17. The average Bonchev–Trinajstić information content (AvgIpc) is 2.63. The van der Waals surface area contributed by atoms with Crippen LogP contribution in [0.5, 0.6) is 0 Å². The van der Waals surface area contributed by atoms with Gasteiger partial charge in [-0.3, -0.25) is 4.57 Å². The van der Waals surface area contributed by atoms with Crippen molar-refractivity contribution in [1.82, 2.24) is 0 Å². The maximum absolute atomic E-state index is 11.9. The van der Waals surface area contributed by atoms with Crippen molar-refractivity contribution < 1.29 is 51.8 Å². The van der Waals surface area contributed by atoms with Crippen molar-refractivity contribution >= 4 is 21.6 Å². The van der Waals surface area contributed by atoms with Gasteiger partial charge in [0.25, 0.3) is 7.82 Å². The van der Waals surface area contributed by atoms with Gasteiger partial charge in [0.2, 0.25) is 0 Å². The van der Waals surface area contributed by atoms with E-state index in [4.69, 9.17) is 33.0 Å². The van der Waals surface area contributed by atoms with Crippen molar-refractivity contribution in [2.24, 2.45) is 0 Å². The molecule has 1 atom stereocenters. The molecule has 11 nitrogen and oxygen atoms in total. The van der Waals surface area contributed by atoms with E-state index in [1.165, 1.54) is 0 Å². The Labute approximate surface area is 191 Å². The molecule has 0 saturated carbocycles. The maximum Gasteiger partial charge on any atom is 0.466 e. The lowest BCUT2D eigenvalue weighted by Gasteiger charge is -2.39. The van der Waals surface area contributed by atoms with Crippen molar-refractivity contribution in [1.29, 1.82) is 0 Å². The van der Waals surface area contributed by atoms with Crippen molar-refractivity contribution in [3.63, 3.8) is 0 Å². The second-order valence-corrected chi connectivity index (χ2v) is 9.92. The zero-order valence-corrected chi connectivity index (χ0v) is 21.5. The van der Waals surface area contributed by atoms with Gasteiger partial charge >= 0.3 is 13.8 Å². The van der Waals surface area contributed by atoms with Gasteiger partial charge in [0.05, 0.1) is 32.8 Å². The second kappa shape index (κ2) is 17.8. The Morgan fingerprint density at radius 2 is 1.28 bits per heavy atom. The Morgan fingerprint density at radius 1 is 0.875 bits per heavy atom. The van der Waals surface area contributed by atoms with Crippen LogP contribution in [0.4, 0.5) is 0 Å². The normalized spacial score (nSPS) is 13.6. The van der Waals surface area contributed by atoms with Crippen molar-refractivity contribution in [2.45, 2.75) is 59.8 Å². The summed E-state index contributed by atoms with van der Waals surface area (Å²) < 4.78 is 36.6. The standard InChI is InChI=1S/C19H38NO6P.H3O4P/c1-6-11-20(12-7-2,13-8-3)14-17-26-27(22,23)25-16-10-9-15-24-19(21)18(4)5;1-5(2,3)4/h4,6-17H2,1-3,5H3;(H3,1,2,3,4). The quantitative estimate of drug-likeness (QED) is 0.0880. The Morgan fingerprint density at radius 3 is 1.69 bits per heavy atom. The van der Waals surface area contributed by atoms with E-state index in [1.807, 2.05) is 0 Å². The highest BCUT2D eigenvalue weighted by Gasteiger charge is 2.25. The third-order valence-electron chi connectivity index (χ3n) is 4.28. The summed E-state index contributed by atoms with van der Waals surface area (Å²) in [6, 6.07) is 0. The summed E-state index contributed by atoms with van der Waals surface area (Å²) in [7, 11) is -8.94. The highest BCUT2D eigenvalue weighted by Crippen LogP contribution is 2.38. The first-order valence-corrected chi connectivity index (χ1v) is 13.8. The summed E-state index contributed by atoms with van der Waals surface area (Å²) in [5.41, 5.74) is 0.340. The number of ether oxygens (including phenoxy) is 1. The molecule has 0 aliphatic heterocycles. The van der Waals surface area contributed by atoms with Gasteiger partial charge in [0, 0.05) is 5.57 Å². The lowest BCUT2D eigenvalue weighted by Crippen LogP contribution is -2.51. The van der Waals surface area contributed by atoms with E-state index in [0.29, 0.717) is 25.0 Å². The number of unbranched alkanes of at least 4 members (excludes halogenated alkanes) is 1.